The van der Waals surface area contributed by atoms with Gasteiger partial charge in [-0.25, -0.2) is 11.7 Å². The van der Waals surface area contributed by atoms with Crippen LogP contribution in [0.25, 0.3) is 0 Å². The Hall–Kier alpha value is -2.57. The molecule has 0 heterocycles. The normalized spacial score (nSPS) is 10.2. The molecule has 3 amide bonds. The van der Waals surface area contributed by atoms with Crippen molar-refractivity contribution >= 4 is 40.9 Å². The third kappa shape index (κ3) is 9.66. The first kappa shape index (κ1) is 23.4. The second-order valence-electron chi connectivity index (χ2n) is 5.23. The Morgan fingerprint density at radius 1 is 1.04 bits per heavy atom. The number of amides is 3. The van der Waals surface area contributed by atoms with Crippen molar-refractivity contribution in [2.75, 3.05) is 0 Å². The van der Waals surface area contributed by atoms with Gasteiger partial charge in [-0.15, -0.1) is 6.42 Å². The SMILES string of the molecule is C#CC(C)(C)NC(=O)c1cc(Cl)cc(Cl)c1.NNC(=O)/C=C\C(=O)NN. The topological polar surface area (TPSA) is 139 Å². The first-order valence-corrected chi connectivity index (χ1v) is 7.76. The van der Waals surface area contributed by atoms with Crippen LogP contribution in [0.4, 0.5) is 0 Å². The highest BCUT2D eigenvalue weighted by molar-refractivity contribution is 6.35. The molecule has 0 aliphatic heterocycles. The smallest absolute Gasteiger partial charge is 0.258 e. The fourth-order valence-corrected chi connectivity index (χ4v) is 1.85. The number of nitrogens with one attached hydrogen (secondary N) is 3. The molecule has 7 N–H and O–H groups in total. The molecule has 1 aromatic carbocycles. The molecule has 0 spiro atoms. The number of halogens is 2. The van der Waals surface area contributed by atoms with Crippen LogP contribution in [-0.2, 0) is 9.59 Å². The largest absolute Gasteiger partial charge is 0.336 e. The minimum atomic E-state index is -0.703. The summed E-state index contributed by atoms with van der Waals surface area (Å²) in [6.07, 6.45) is 7.20. The number of terminal acetylenes is 1. The molecule has 1 aromatic rings. The summed E-state index contributed by atoms with van der Waals surface area (Å²) in [6.45, 7) is 3.47. The van der Waals surface area contributed by atoms with Gasteiger partial charge >= 0.3 is 0 Å². The summed E-state index contributed by atoms with van der Waals surface area (Å²) in [7, 11) is 0. The van der Waals surface area contributed by atoms with Crippen LogP contribution in [0.15, 0.2) is 30.4 Å². The van der Waals surface area contributed by atoms with E-state index in [1.165, 1.54) is 12.1 Å². The van der Waals surface area contributed by atoms with Crippen molar-refractivity contribution < 1.29 is 14.4 Å². The molecule has 0 aromatic heterocycles. The number of benzene rings is 1. The van der Waals surface area contributed by atoms with Gasteiger partial charge in [0.1, 0.15) is 0 Å². The Morgan fingerprint density at radius 2 is 1.46 bits per heavy atom. The number of rotatable bonds is 4. The second kappa shape index (κ2) is 11.1. The van der Waals surface area contributed by atoms with Gasteiger partial charge in [-0.05, 0) is 32.0 Å². The Morgan fingerprint density at radius 3 is 1.81 bits per heavy atom. The van der Waals surface area contributed by atoms with Crippen LogP contribution in [0.5, 0.6) is 0 Å². The fraction of sp³-hybridized carbons (Fsp3) is 0.188. The minimum Gasteiger partial charge on any atom is -0.336 e. The third-order valence-electron chi connectivity index (χ3n) is 2.58. The summed E-state index contributed by atoms with van der Waals surface area (Å²) >= 11 is 11.6. The minimum absolute atomic E-state index is 0.299. The van der Waals surface area contributed by atoms with Crippen LogP contribution >= 0.6 is 23.2 Å². The van der Waals surface area contributed by atoms with Crippen LogP contribution in [0.3, 0.4) is 0 Å². The first-order chi connectivity index (χ1) is 12.0. The monoisotopic (exact) mass is 399 g/mol. The van der Waals surface area contributed by atoms with Crippen LogP contribution in [0, 0.1) is 12.3 Å². The van der Waals surface area contributed by atoms with Crippen molar-refractivity contribution in [3.8, 4) is 12.3 Å². The zero-order valence-corrected chi connectivity index (χ0v) is 15.6. The summed E-state index contributed by atoms with van der Waals surface area (Å²) < 4.78 is 0. The zero-order chi connectivity index (χ0) is 20.3. The van der Waals surface area contributed by atoms with Gasteiger partial charge in [0.25, 0.3) is 17.7 Å². The number of carbonyl (C=O) groups excluding carboxylic acids is 3. The number of carbonyl (C=O) groups is 3. The van der Waals surface area contributed by atoms with Gasteiger partial charge < -0.3 is 5.32 Å². The van der Waals surface area contributed by atoms with E-state index < -0.39 is 17.4 Å². The highest BCUT2D eigenvalue weighted by atomic mass is 35.5. The van der Waals surface area contributed by atoms with Gasteiger partial charge in [0.05, 0.1) is 5.54 Å². The van der Waals surface area contributed by atoms with Gasteiger partial charge in [0.2, 0.25) is 0 Å². The predicted octanol–water partition coefficient (Wildman–Crippen LogP) is 0.657. The van der Waals surface area contributed by atoms with Crippen molar-refractivity contribution in [1.29, 1.82) is 0 Å². The molecule has 0 atom stereocenters. The van der Waals surface area contributed by atoms with Crippen LogP contribution in [0.1, 0.15) is 24.2 Å². The van der Waals surface area contributed by atoms with E-state index >= 15 is 0 Å². The average molecular weight is 400 g/mol. The van der Waals surface area contributed by atoms with Crippen LogP contribution in [0.2, 0.25) is 10.0 Å². The molecule has 0 radical (unpaired) electrons. The third-order valence-corrected chi connectivity index (χ3v) is 3.02. The molecule has 0 aliphatic rings. The first-order valence-electron chi connectivity index (χ1n) is 7.00. The zero-order valence-electron chi connectivity index (χ0n) is 14.1. The molecule has 0 unspecified atom stereocenters. The Labute approximate surface area is 161 Å². The summed E-state index contributed by atoms with van der Waals surface area (Å²) in [5, 5.41) is 3.51. The molecule has 0 saturated heterocycles. The number of nitrogens with two attached hydrogens (primary N) is 2. The Bertz CT molecular complexity index is 704. The number of hydrazine groups is 2. The van der Waals surface area contributed by atoms with Crippen molar-refractivity contribution in [1.82, 2.24) is 16.2 Å². The van der Waals surface area contributed by atoms with E-state index in [4.69, 9.17) is 29.6 Å². The molecule has 10 heteroatoms. The standard InChI is InChI=1S/C12H11Cl2NO.C4H8N4O2/c1-4-12(2,3)15-11(16)8-5-9(13)7-10(14)6-8;5-7-3(9)1-2-4(10)8-6/h1,5-7H,2-3H3,(H,15,16);1-2H,5-6H2,(H,7,9)(H,8,10)/b;2-1-. The van der Waals surface area contributed by atoms with Crippen molar-refractivity contribution in [2.45, 2.75) is 19.4 Å². The molecular formula is C16H19Cl2N5O3. The van der Waals surface area contributed by atoms with Gasteiger partial charge in [0, 0.05) is 27.8 Å². The van der Waals surface area contributed by atoms with Gasteiger partial charge in [-0.3, -0.25) is 25.2 Å². The van der Waals surface area contributed by atoms with E-state index in [1.54, 1.807) is 30.8 Å². The average Bonchev–Trinajstić information content (AvgIpc) is 2.58. The van der Waals surface area contributed by atoms with E-state index in [1.807, 2.05) is 0 Å². The fourth-order valence-electron chi connectivity index (χ4n) is 1.32. The molecule has 140 valence electrons. The predicted molar refractivity (Wildman–Crippen MR) is 101 cm³/mol. The van der Waals surface area contributed by atoms with Crippen LogP contribution < -0.4 is 27.9 Å². The molecule has 8 nitrogen and oxygen atoms in total. The van der Waals surface area contributed by atoms with Gasteiger partial charge in [0.15, 0.2) is 0 Å². The van der Waals surface area contributed by atoms with E-state index in [2.05, 4.69) is 22.9 Å². The number of hydrogen-bond donors (Lipinski definition) is 5. The summed E-state index contributed by atoms with van der Waals surface area (Å²) in [5.74, 6) is 10.4. The van der Waals surface area contributed by atoms with E-state index in [0.29, 0.717) is 15.6 Å². The summed E-state index contributed by atoms with van der Waals surface area (Å²) in [5.41, 5.74) is 3.28. The lowest BCUT2D eigenvalue weighted by Crippen LogP contribution is -2.42. The maximum absolute atomic E-state index is 11.8. The Balaban J connectivity index is 0.000000541. The molecule has 0 fully saturated rings. The molecule has 26 heavy (non-hydrogen) atoms. The lowest BCUT2D eigenvalue weighted by atomic mass is 10.1. The molecular weight excluding hydrogens is 381 g/mol. The molecule has 0 aliphatic carbocycles. The molecule has 0 saturated carbocycles. The molecule has 0 bridgehead atoms. The lowest BCUT2D eigenvalue weighted by Gasteiger charge is -2.19. The van der Waals surface area contributed by atoms with Gasteiger partial charge in [-0.2, -0.15) is 0 Å². The van der Waals surface area contributed by atoms with Crippen molar-refractivity contribution in [2.24, 2.45) is 11.7 Å². The lowest BCUT2D eigenvalue weighted by molar-refractivity contribution is -0.118. The second-order valence-corrected chi connectivity index (χ2v) is 6.10. The quantitative estimate of drug-likeness (QED) is 0.166. The van der Waals surface area contributed by atoms with E-state index in [9.17, 15) is 14.4 Å². The van der Waals surface area contributed by atoms with Gasteiger partial charge in [-0.1, -0.05) is 29.1 Å². The van der Waals surface area contributed by atoms with Crippen molar-refractivity contribution in [3.63, 3.8) is 0 Å². The maximum Gasteiger partial charge on any atom is 0.258 e. The Kier molecular flexibility index (Phi) is 10.0. The maximum atomic E-state index is 11.8. The highest BCUT2D eigenvalue weighted by Gasteiger charge is 2.18. The van der Waals surface area contributed by atoms with E-state index in [-0.39, 0.29) is 5.91 Å². The summed E-state index contributed by atoms with van der Waals surface area (Å²) in [6, 6.07) is 4.64. The van der Waals surface area contributed by atoms with Crippen molar-refractivity contribution in [3.05, 3.63) is 46.0 Å². The number of hydrogen-bond acceptors (Lipinski definition) is 5. The molecule has 1 rings (SSSR count). The van der Waals surface area contributed by atoms with E-state index in [0.717, 1.165) is 12.2 Å². The highest BCUT2D eigenvalue weighted by Crippen LogP contribution is 2.19. The summed E-state index contributed by atoms with van der Waals surface area (Å²) in [4.78, 5) is 32.4. The van der Waals surface area contributed by atoms with Crippen LogP contribution in [-0.4, -0.2) is 23.3 Å².